The van der Waals surface area contributed by atoms with Crippen LogP contribution >= 0.6 is 0 Å². The summed E-state index contributed by atoms with van der Waals surface area (Å²) in [6.45, 7) is 2.69. The van der Waals surface area contributed by atoms with Gasteiger partial charge in [0.2, 0.25) is 5.75 Å². The van der Waals surface area contributed by atoms with Gasteiger partial charge in [-0.15, -0.1) is 0 Å². The van der Waals surface area contributed by atoms with Gasteiger partial charge in [-0.1, -0.05) is 18.2 Å². The number of nitro groups is 2. The Labute approximate surface area is 183 Å². The first-order valence-corrected chi connectivity index (χ1v) is 9.42. The number of hydrogen-bond donors (Lipinski definition) is 2. The summed E-state index contributed by atoms with van der Waals surface area (Å²) in [5.41, 5.74) is -2.42. The number of phenols is 1. The molecule has 166 valence electrons. The van der Waals surface area contributed by atoms with Crippen LogP contribution in [-0.4, -0.2) is 26.0 Å². The van der Waals surface area contributed by atoms with Crippen molar-refractivity contribution < 1.29 is 29.3 Å². The molecule has 0 unspecified atom stereocenters. The maximum atomic E-state index is 12.5. The minimum atomic E-state index is -1.30. The Bertz CT molecular complexity index is 1550. The number of aromatic carboxylic acids is 1. The van der Waals surface area contributed by atoms with Crippen LogP contribution < -0.4 is 5.43 Å². The number of aryl methyl sites for hydroxylation is 1. The molecule has 2 aromatic carbocycles. The topological polar surface area (TPSA) is 174 Å². The Morgan fingerprint density at radius 1 is 0.970 bits per heavy atom. The molecule has 1 aliphatic heterocycles. The second-order valence-corrected chi connectivity index (χ2v) is 7.31. The molecule has 2 aromatic rings. The summed E-state index contributed by atoms with van der Waals surface area (Å²) in [5, 5.41) is 43.1. The van der Waals surface area contributed by atoms with E-state index in [1.54, 1.807) is 0 Å². The summed E-state index contributed by atoms with van der Waals surface area (Å²) >= 11 is 0. The lowest BCUT2D eigenvalue weighted by Gasteiger charge is -2.19. The van der Waals surface area contributed by atoms with Crippen LogP contribution in [0.2, 0.25) is 0 Å². The van der Waals surface area contributed by atoms with Crippen molar-refractivity contribution in [2.24, 2.45) is 0 Å². The Morgan fingerprint density at radius 3 is 2.21 bits per heavy atom. The minimum Gasteiger partial charge on any atom is -0.502 e. The maximum absolute atomic E-state index is 12.5. The highest BCUT2D eigenvalue weighted by Gasteiger charge is 2.31. The highest BCUT2D eigenvalue weighted by molar-refractivity contribution is 6.09. The number of fused-ring (bicyclic) bond motifs is 2. The molecule has 33 heavy (non-hydrogen) atoms. The molecule has 11 nitrogen and oxygen atoms in total. The molecule has 0 spiro atoms. The lowest BCUT2D eigenvalue weighted by molar-refractivity contribution is -0.386. The molecule has 0 bridgehead atoms. The quantitative estimate of drug-likeness (QED) is 0.259. The van der Waals surface area contributed by atoms with Crippen LogP contribution in [0.4, 0.5) is 11.4 Å². The van der Waals surface area contributed by atoms with Gasteiger partial charge in [0.25, 0.3) is 5.43 Å². The van der Waals surface area contributed by atoms with Crippen LogP contribution in [0.25, 0.3) is 33.4 Å². The summed E-state index contributed by atoms with van der Waals surface area (Å²) in [4.78, 5) is 45.8. The van der Waals surface area contributed by atoms with Crippen LogP contribution in [-0.2, 0) is 0 Å². The van der Waals surface area contributed by atoms with E-state index in [0.717, 1.165) is 12.1 Å². The third-order valence-electron chi connectivity index (χ3n) is 5.47. The van der Waals surface area contributed by atoms with Crippen molar-refractivity contribution in [1.82, 2.24) is 0 Å². The molecule has 0 fully saturated rings. The van der Waals surface area contributed by atoms with E-state index in [2.05, 4.69) is 0 Å². The highest BCUT2D eigenvalue weighted by Crippen LogP contribution is 2.47. The number of phenolic OH excluding ortho intramolecular Hbond substituents is 1. The van der Waals surface area contributed by atoms with Crippen LogP contribution in [0.1, 0.15) is 21.5 Å². The van der Waals surface area contributed by atoms with E-state index in [9.17, 15) is 40.0 Å². The average molecular weight is 450 g/mol. The standard InChI is InChI=1S/C22H14N2O9/c1-9-18(25)15(23(29)30)7-13-17(11-5-3-4-6-12(11)22(27)28)14-8-16(24(31)32)19(26)10(2)21(14)33-20(9)13/h3-8,25H,1-2H3,(H,27,28). The zero-order valence-electron chi connectivity index (χ0n) is 17.1. The first-order chi connectivity index (χ1) is 15.5. The zero-order chi connectivity index (χ0) is 24.2. The Morgan fingerprint density at radius 2 is 1.61 bits per heavy atom. The van der Waals surface area contributed by atoms with Gasteiger partial charge in [-0.05, 0) is 25.5 Å². The highest BCUT2D eigenvalue weighted by atomic mass is 16.6. The summed E-state index contributed by atoms with van der Waals surface area (Å²) < 4.78 is 5.85. The SMILES string of the molecule is Cc1c2oc3c(C)c(O)c([N+](=O)[O-])cc3c(-c3ccccc3C(=O)O)c-2cc([N+](=O)[O-])c1=O. The monoisotopic (exact) mass is 450 g/mol. The van der Waals surface area contributed by atoms with E-state index in [-0.39, 0.29) is 50.1 Å². The number of nitrogens with zero attached hydrogens (tertiary/aromatic N) is 2. The summed E-state index contributed by atoms with van der Waals surface area (Å²) in [7, 11) is 0. The predicted molar refractivity (Wildman–Crippen MR) is 116 cm³/mol. The average Bonchev–Trinajstić information content (AvgIpc) is 2.77. The van der Waals surface area contributed by atoms with Gasteiger partial charge in [0.05, 0.1) is 15.4 Å². The van der Waals surface area contributed by atoms with Gasteiger partial charge in [-0.2, -0.15) is 0 Å². The van der Waals surface area contributed by atoms with Gasteiger partial charge in [-0.25, -0.2) is 4.79 Å². The lowest BCUT2D eigenvalue weighted by atomic mass is 9.88. The van der Waals surface area contributed by atoms with Gasteiger partial charge in [-0.3, -0.25) is 25.0 Å². The van der Waals surface area contributed by atoms with Gasteiger partial charge in [0.15, 0.2) is 0 Å². The normalized spacial score (nSPS) is 11.1. The molecule has 0 saturated heterocycles. The number of non-ortho nitro benzene ring substituents is 1. The molecule has 2 N–H and O–H groups in total. The van der Waals surface area contributed by atoms with Gasteiger partial charge in [0.1, 0.15) is 11.3 Å². The van der Waals surface area contributed by atoms with E-state index in [4.69, 9.17) is 4.42 Å². The smallest absolute Gasteiger partial charge is 0.336 e. The molecular formula is C22H14N2O9. The number of carboxylic acids is 1. The van der Waals surface area contributed by atoms with Crippen molar-refractivity contribution >= 4 is 28.3 Å². The molecule has 0 atom stereocenters. The Hall–Kier alpha value is -4.80. The molecule has 4 rings (SSSR count). The summed E-state index contributed by atoms with van der Waals surface area (Å²) in [6.07, 6.45) is 0. The van der Waals surface area contributed by atoms with E-state index >= 15 is 0 Å². The third kappa shape index (κ3) is 3.14. The molecule has 11 heteroatoms. The van der Waals surface area contributed by atoms with Gasteiger partial charge in [0, 0.05) is 39.8 Å². The fourth-order valence-electron chi connectivity index (χ4n) is 3.87. The molecule has 0 aromatic heterocycles. The number of benzene rings is 3. The fourth-order valence-corrected chi connectivity index (χ4v) is 3.87. The largest absolute Gasteiger partial charge is 0.502 e. The molecule has 0 amide bonds. The van der Waals surface area contributed by atoms with Gasteiger partial charge < -0.3 is 14.6 Å². The van der Waals surface area contributed by atoms with Crippen LogP contribution in [0, 0.1) is 34.1 Å². The predicted octanol–water partition coefficient (Wildman–Crippen LogP) is 4.40. The number of nitro benzene ring substituents is 2. The van der Waals surface area contributed by atoms with Crippen LogP contribution in [0.5, 0.6) is 5.75 Å². The van der Waals surface area contributed by atoms with Crippen molar-refractivity contribution in [3.05, 3.63) is 83.5 Å². The fraction of sp³-hybridized carbons (Fsp3) is 0.0909. The van der Waals surface area contributed by atoms with Gasteiger partial charge >= 0.3 is 17.3 Å². The molecule has 1 heterocycles. The number of carboxylic acid groups (broad SMARTS) is 1. The van der Waals surface area contributed by atoms with E-state index in [0.29, 0.717) is 0 Å². The van der Waals surface area contributed by atoms with Crippen LogP contribution in [0.15, 0.2) is 45.6 Å². The van der Waals surface area contributed by atoms with Crippen molar-refractivity contribution in [3.63, 3.8) is 0 Å². The number of aromatic hydroxyl groups is 1. The zero-order valence-corrected chi connectivity index (χ0v) is 17.1. The summed E-state index contributed by atoms with van der Waals surface area (Å²) in [5.74, 6) is -2.02. The number of rotatable bonds is 4. The molecular weight excluding hydrogens is 436 g/mol. The lowest BCUT2D eigenvalue weighted by Crippen LogP contribution is -2.13. The van der Waals surface area contributed by atoms with Crippen molar-refractivity contribution in [2.75, 3.05) is 0 Å². The maximum Gasteiger partial charge on any atom is 0.336 e. The Kier molecular flexibility index (Phi) is 4.81. The first-order valence-electron chi connectivity index (χ1n) is 9.42. The second kappa shape index (κ2) is 7.41. The molecule has 2 aliphatic rings. The first kappa shape index (κ1) is 21.4. The second-order valence-electron chi connectivity index (χ2n) is 7.31. The van der Waals surface area contributed by atoms with Crippen molar-refractivity contribution in [2.45, 2.75) is 13.8 Å². The molecule has 0 radical (unpaired) electrons. The molecule has 1 aliphatic carbocycles. The number of carbonyl (C=O) groups is 1. The van der Waals surface area contributed by atoms with Crippen LogP contribution in [0.3, 0.4) is 0 Å². The Balaban J connectivity index is 2.37. The minimum absolute atomic E-state index is 0.0136. The van der Waals surface area contributed by atoms with Crippen molar-refractivity contribution in [1.29, 1.82) is 0 Å². The number of hydrogen-bond acceptors (Lipinski definition) is 8. The molecule has 0 saturated carbocycles. The van der Waals surface area contributed by atoms with Crippen molar-refractivity contribution in [3.8, 4) is 28.2 Å². The summed E-state index contributed by atoms with van der Waals surface area (Å²) in [6, 6.07) is 7.75. The van der Waals surface area contributed by atoms with E-state index in [1.165, 1.54) is 38.1 Å². The van der Waals surface area contributed by atoms with E-state index in [1.807, 2.05) is 0 Å². The third-order valence-corrected chi connectivity index (χ3v) is 5.47. The van der Waals surface area contributed by atoms with E-state index < -0.39 is 38.4 Å².